The number of fused-ring (bicyclic) bond motifs is 9. The Morgan fingerprint density at radius 2 is 0.841 bits per heavy atom. The number of para-hydroxylation sites is 4. The van der Waals surface area contributed by atoms with E-state index in [1.54, 1.807) is 0 Å². The summed E-state index contributed by atoms with van der Waals surface area (Å²) in [7, 11) is 0. The van der Waals surface area contributed by atoms with Crippen LogP contribution < -0.4 is 0 Å². The Kier molecular flexibility index (Phi) is 7.80. The van der Waals surface area contributed by atoms with E-state index in [-0.39, 0.29) is 0 Å². The number of rotatable bonds is 6. The minimum Gasteiger partial charge on any atom is -0.456 e. The Labute approximate surface area is 361 Å². The molecule has 0 amide bonds. The van der Waals surface area contributed by atoms with Gasteiger partial charge in [-0.3, -0.25) is 0 Å². The molecule has 0 N–H and O–H groups in total. The highest BCUT2D eigenvalue weighted by Gasteiger charge is 2.21. The topological polar surface area (TPSA) is 69.9 Å². The molecule has 0 aliphatic heterocycles. The second-order valence-electron chi connectivity index (χ2n) is 15.9. The van der Waals surface area contributed by atoms with Crippen molar-refractivity contribution in [2.75, 3.05) is 0 Å². The first-order chi connectivity index (χ1) is 31.2. The maximum Gasteiger partial charge on any atom is 0.164 e. The van der Waals surface area contributed by atoms with Crippen molar-refractivity contribution in [2.45, 2.75) is 0 Å². The molecule has 9 aromatic carbocycles. The molecule has 0 spiro atoms. The van der Waals surface area contributed by atoms with Crippen LogP contribution in [0.3, 0.4) is 0 Å². The monoisotopic (exact) mass is 806 g/mol. The summed E-state index contributed by atoms with van der Waals surface area (Å²) in [5.74, 6) is 1.69. The average molecular weight is 807 g/mol. The molecule has 0 aliphatic carbocycles. The lowest BCUT2D eigenvalue weighted by atomic mass is 9.99. The molecule has 4 aromatic heterocycles. The van der Waals surface area contributed by atoms with E-state index >= 15 is 0 Å². The smallest absolute Gasteiger partial charge is 0.164 e. The van der Waals surface area contributed by atoms with Crippen LogP contribution in [-0.4, -0.2) is 19.5 Å². The first-order valence-corrected chi connectivity index (χ1v) is 21.1. The Bertz CT molecular complexity index is 3870. The van der Waals surface area contributed by atoms with Gasteiger partial charge in [0.1, 0.15) is 22.3 Å². The van der Waals surface area contributed by atoms with Crippen LogP contribution in [0, 0.1) is 0 Å². The zero-order valence-corrected chi connectivity index (χ0v) is 33.7. The van der Waals surface area contributed by atoms with Gasteiger partial charge in [-0.15, -0.1) is 0 Å². The van der Waals surface area contributed by atoms with Gasteiger partial charge in [-0.1, -0.05) is 158 Å². The molecule has 0 saturated heterocycles. The second kappa shape index (κ2) is 14.0. The molecule has 6 heteroatoms. The fraction of sp³-hybridized carbons (Fsp3) is 0. The highest BCUT2D eigenvalue weighted by atomic mass is 16.3. The fourth-order valence-electron chi connectivity index (χ4n) is 9.40. The summed E-state index contributed by atoms with van der Waals surface area (Å²) >= 11 is 0. The minimum absolute atomic E-state index is 0.550. The minimum atomic E-state index is 0.550. The summed E-state index contributed by atoms with van der Waals surface area (Å²) in [4.78, 5) is 15.2. The summed E-state index contributed by atoms with van der Waals surface area (Å²) < 4.78 is 15.8. The maximum absolute atomic E-state index is 6.90. The van der Waals surface area contributed by atoms with Crippen molar-refractivity contribution in [2.24, 2.45) is 0 Å². The van der Waals surface area contributed by atoms with Crippen molar-refractivity contribution in [3.8, 4) is 62.1 Å². The van der Waals surface area contributed by atoms with E-state index in [4.69, 9.17) is 23.8 Å². The van der Waals surface area contributed by atoms with E-state index in [9.17, 15) is 0 Å². The van der Waals surface area contributed by atoms with Gasteiger partial charge in [0, 0.05) is 60.1 Å². The first kappa shape index (κ1) is 35.2. The Morgan fingerprint density at radius 3 is 1.56 bits per heavy atom. The van der Waals surface area contributed by atoms with Crippen LogP contribution in [0.2, 0.25) is 0 Å². The maximum atomic E-state index is 6.90. The molecule has 13 rings (SSSR count). The fourth-order valence-corrected chi connectivity index (χ4v) is 9.40. The molecule has 0 saturated carbocycles. The molecule has 294 valence electrons. The first-order valence-electron chi connectivity index (χ1n) is 21.1. The van der Waals surface area contributed by atoms with Crippen LogP contribution in [0.4, 0.5) is 0 Å². The van der Waals surface area contributed by atoms with Gasteiger partial charge in [-0.2, -0.15) is 0 Å². The van der Waals surface area contributed by atoms with Gasteiger partial charge < -0.3 is 13.4 Å². The van der Waals surface area contributed by atoms with Gasteiger partial charge in [-0.05, 0) is 59.7 Å². The number of hydrogen-bond donors (Lipinski definition) is 0. The van der Waals surface area contributed by atoms with Gasteiger partial charge in [0.2, 0.25) is 0 Å². The zero-order valence-electron chi connectivity index (χ0n) is 33.7. The SMILES string of the molecule is c1ccc(-c2nc(-c3ccc4c(c3)oc3c(-c5ccccc5-n5c6ccccc6c6ccccc65)cccc34)nc(-c3ccc4c(c3)oc3cccc(-c5ccccc5)c34)n2)cc1. The number of benzene rings is 9. The van der Waals surface area contributed by atoms with E-state index in [0.717, 1.165) is 99.5 Å². The van der Waals surface area contributed by atoms with Crippen molar-refractivity contribution in [1.29, 1.82) is 0 Å². The summed E-state index contributed by atoms with van der Waals surface area (Å²) in [5.41, 5.74) is 13.5. The number of furan rings is 2. The molecule has 13 aromatic rings. The van der Waals surface area contributed by atoms with Gasteiger partial charge in [-0.25, -0.2) is 15.0 Å². The van der Waals surface area contributed by atoms with Crippen LogP contribution in [0.1, 0.15) is 0 Å². The third-order valence-corrected chi connectivity index (χ3v) is 12.3. The number of aromatic nitrogens is 4. The molecular weight excluding hydrogens is 773 g/mol. The second-order valence-corrected chi connectivity index (χ2v) is 15.9. The Hall–Kier alpha value is -8.61. The molecule has 0 radical (unpaired) electrons. The third kappa shape index (κ3) is 5.62. The van der Waals surface area contributed by atoms with E-state index in [1.807, 2.05) is 54.6 Å². The van der Waals surface area contributed by atoms with Gasteiger partial charge >= 0.3 is 0 Å². The summed E-state index contributed by atoms with van der Waals surface area (Å²) in [6.07, 6.45) is 0. The lowest BCUT2D eigenvalue weighted by molar-refractivity contribution is 0.669. The Balaban J connectivity index is 0.950. The highest BCUT2D eigenvalue weighted by molar-refractivity contribution is 6.14. The lowest BCUT2D eigenvalue weighted by Crippen LogP contribution is -2.00. The standard InChI is InChI=1S/C57H34N4O2/c1-3-15-35(16-4-1)39-22-14-28-50-53(39)46-32-30-38(34-52(46)62-50)57-59-55(36-17-5-2-6-18-36)58-56(60-57)37-29-31-43-45-24-13-23-44(54(45)63-51(43)33-37)42-21-9-12-27-49(42)61-47-25-10-7-19-40(47)41-20-8-11-26-48(41)61/h1-34H. The van der Waals surface area contributed by atoms with Crippen LogP contribution in [0.5, 0.6) is 0 Å². The third-order valence-electron chi connectivity index (χ3n) is 12.3. The van der Waals surface area contributed by atoms with E-state index < -0.39 is 0 Å². The van der Waals surface area contributed by atoms with Gasteiger partial charge in [0.25, 0.3) is 0 Å². The van der Waals surface area contributed by atoms with E-state index in [2.05, 4.69) is 156 Å². The molecule has 0 fully saturated rings. The molecule has 0 atom stereocenters. The highest BCUT2D eigenvalue weighted by Crippen LogP contribution is 2.42. The molecular formula is C57H34N4O2. The summed E-state index contributed by atoms with van der Waals surface area (Å²) in [5, 5.41) is 6.64. The predicted molar refractivity (Wildman–Crippen MR) is 256 cm³/mol. The summed E-state index contributed by atoms with van der Waals surface area (Å²) in [6.45, 7) is 0. The molecule has 6 nitrogen and oxygen atoms in total. The molecule has 0 aliphatic rings. The van der Waals surface area contributed by atoms with Crippen molar-refractivity contribution in [1.82, 2.24) is 19.5 Å². The van der Waals surface area contributed by atoms with Gasteiger partial charge in [0.05, 0.1) is 16.7 Å². The molecule has 4 heterocycles. The van der Waals surface area contributed by atoms with Crippen molar-refractivity contribution in [3.63, 3.8) is 0 Å². The van der Waals surface area contributed by atoms with Crippen LogP contribution in [0.25, 0.3) is 128 Å². The van der Waals surface area contributed by atoms with Crippen molar-refractivity contribution < 1.29 is 8.83 Å². The quantitative estimate of drug-likeness (QED) is 0.167. The number of hydrogen-bond acceptors (Lipinski definition) is 5. The summed E-state index contributed by atoms with van der Waals surface area (Å²) in [6, 6.07) is 71.4. The Morgan fingerprint density at radius 1 is 0.317 bits per heavy atom. The van der Waals surface area contributed by atoms with Crippen LogP contribution in [0.15, 0.2) is 215 Å². The average Bonchev–Trinajstić information content (AvgIpc) is 4.03. The molecule has 0 unspecified atom stereocenters. The molecule has 63 heavy (non-hydrogen) atoms. The predicted octanol–water partition coefficient (Wildman–Crippen LogP) is 15.1. The van der Waals surface area contributed by atoms with E-state index in [0.29, 0.717) is 17.5 Å². The molecule has 0 bridgehead atoms. The lowest BCUT2D eigenvalue weighted by Gasteiger charge is -2.14. The number of nitrogens with zero attached hydrogens (tertiary/aromatic N) is 4. The zero-order chi connectivity index (χ0) is 41.4. The normalized spacial score (nSPS) is 11.8. The van der Waals surface area contributed by atoms with Crippen molar-refractivity contribution in [3.05, 3.63) is 206 Å². The van der Waals surface area contributed by atoms with Gasteiger partial charge in [0.15, 0.2) is 17.5 Å². The van der Waals surface area contributed by atoms with Crippen molar-refractivity contribution >= 4 is 65.7 Å². The van der Waals surface area contributed by atoms with Crippen LogP contribution >= 0.6 is 0 Å². The largest absolute Gasteiger partial charge is 0.456 e. The van der Waals surface area contributed by atoms with Crippen LogP contribution in [-0.2, 0) is 0 Å². The van der Waals surface area contributed by atoms with E-state index in [1.165, 1.54) is 10.8 Å².